The van der Waals surface area contributed by atoms with Gasteiger partial charge in [0.25, 0.3) is 5.69 Å². The monoisotopic (exact) mass is 345 g/mol. The fraction of sp³-hybridized carbons (Fsp3) is 0.412. The molecule has 3 rings (SSSR count). The Morgan fingerprint density at radius 3 is 2.72 bits per heavy atom. The molecule has 1 aliphatic carbocycles. The molecule has 25 heavy (non-hydrogen) atoms. The van der Waals surface area contributed by atoms with E-state index in [-0.39, 0.29) is 30.7 Å². The van der Waals surface area contributed by atoms with Gasteiger partial charge in [0.1, 0.15) is 6.54 Å². The Labute approximate surface area is 143 Å². The molecule has 8 nitrogen and oxygen atoms in total. The summed E-state index contributed by atoms with van der Waals surface area (Å²) >= 11 is 0. The molecule has 1 fully saturated rings. The van der Waals surface area contributed by atoms with Gasteiger partial charge >= 0.3 is 5.97 Å². The van der Waals surface area contributed by atoms with E-state index in [0.29, 0.717) is 5.39 Å². The first-order chi connectivity index (χ1) is 11.9. The zero-order chi connectivity index (χ0) is 18.1. The van der Waals surface area contributed by atoms with Crippen molar-refractivity contribution in [3.05, 3.63) is 40.6 Å². The van der Waals surface area contributed by atoms with Crippen molar-refractivity contribution in [3.8, 4) is 0 Å². The standard InChI is InChI=1S/C17H19N3O5/c1-11(17(22)23)9-19(13-2-3-13)16(21)10-18-7-6-12-8-14(20(24)25)4-5-15(12)18/h4-8,11,13H,2-3,9-10H2,1H3,(H,22,23). The van der Waals surface area contributed by atoms with Gasteiger partial charge in [0.15, 0.2) is 0 Å². The summed E-state index contributed by atoms with van der Waals surface area (Å²) in [4.78, 5) is 35.8. The molecule has 8 heteroatoms. The Balaban J connectivity index is 1.78. The van der Waals surface area contributed by atoms with Crippen LogP contribution in [0.4, 0.5) is 5.69 Å². The summed E-state index contributed by atoms with van der Waals surface area (Å²) in [6.45, 7) is 1.88. The van der Waals surface area contributed by atoms with E-state index in [0.717, 1.165) is 18.4 Å². The van der Waals surface area contributed by atoms with Gasteiger partial charge in [-0.15, -0.1) is 0 Å². The van der Waals surface area contributed by atoms with Gasteiger partial charge in [-0.3, -0.25) is 19.7 Å². The van der Waals surface area contributed by atoms with E-state index in [1.807, 2.05) is 0 Å². The number of carboxylic acids is 1. The zero-order valence-electron chi connectivity index (χ0n) is 13.8. The van der Waals surface area contributed by atoms with Crippen LogP contribution in [-0.4, -0.2) is 44.0 Å². The second-order valence-electron chi connectivity index (χ2n) is 6.46. The van der Waals surface area contributed by atoms with Crippen LogP contribution in [0.1, 0.15) is 19.8 Å². The number of hydrogen-bond acceptors (Lipinski definition) is 4. The van der Waals surface area contributed by atoms with Gasteiger partial charge in [-0.25, -0.2) is 0 Å². The maximum absolute atomic E-state index is 12.7. The normalized spacial score (nSPS) is 15.1. The molecule has 1 aromatic heterocycles. The van der Waals surface area contributed by atoms with E-state index >= 15 is 0 Å². The molecule has 2 aromatic rings. The van der Waals surface area contributed by atoms with Crippen molar-refractivity contribution in [1.82, 2.24) is 9.47 Å². The molecule has 1 heterocycles. The number of carbonyl (C=O) groups excluding carboxylic acids is 1. The number of rotatable bonds is 7. The zero-order valence-corrected chi connectivity index (χ0v) is 13.8. The van der Waals surface area contributed by atoms with Crippen LogP contribution in [-0.2, 0) is 16.1 Å². The van der Waals surface area contributed by atoms with E-state index in [9.17, 15) is 19.7 Å². The van der Waals surface area contributed by atoms with Crippen LogP contribution < -0.4 is 0 Å². The van der Waals surface area contributed by atoms with Gasteiger partial charge in [-0.1, -0.05) is 6.92 Å². The number of amides is 1. The summed E-state index contributed by atoms with van der Waals surface area (Å²) in [5.41, 5.74) is 0.743. The van der Waals surface area contributed by atoms with Crippen LogP contribution in [0.15, 0.2) is 30.5 Å². The molecule has 0 radical (unpaired) electrons. The highest BCUT2D eigenvalue weighted by atomic mass is 16.6. The molecule has 0 bridgehead atoms. The maximum Gasteiger partial charge on any atom is 0.308 e. The number of nitro benzene ring substituents is 1. The van der Waals surface area contributed by atoms with Crippen LogP contribution in [0.25, 0.3) is 10.9 Å². The number of aromatic nitrogens is 1. The molecule has 0 aliphatic heterocycles. The molecule has 1 atom stereocenters. The van der Waals surface area contributed by atoms with Crippen molar-refractivity contribution in [2.45, 2.75) is 32.4 Å². The maximum atomic E-state index is 12.7. The highest BCUT2D eigenvalue weighted by Crippen LogP contribution is 2.28. The van der Waals surface area contributed by atoms with Crippen LogP contribution in [0.5, 0.6) is 0 Å². The summed E-state index contributed by atoms with van der Waals surface area (Å²) < 4.78 is 1.74. The lowest BCUT2D eigenvalue weighted by Crippen LogP contribution is -2.40. The first kappa shape index (κ1) is 16.9. The summed E-state index contributed by atoms with van der Waals surface area (Å²) in [5, 5.41) is 20.6. The van der Waals surface area contributed by atoms with E-state index < -0.39 is 16.8 Å². The highest BCUT2D eigenvalue weighted by molar-refractivity contribution is 5.85. The third-order valence-corrected chi connectivity index (χ3v) is 4.47. The summed E-state index contributed by atoms with van der Waals surface area (Å²) in [7, 11) is 0. The fourth-order valence-corrected chi connectivity index (χ4v) is 2.89. The molecule has 0 spiro atoms. The summed E-state index contributed by atoms with van der Waals surface area (Å²) in [6, 6.07) is 6.37. The highest BCUT2D eigenvalue weighted by Gasteiger charge is 2.34. The van der Waals surface area contributed by atoms with Crippen LogP contribution in [0.2, 0.25) is 0 Å². The van der Waals surface area contributed by atoms with Gasteiger partial charge in [0, 0.05) is 41.8 Å². The molecule has 1 aliphatic rings. The number of hydrogen-bond donors (Lipinski definition) is 1. The number of non-ortho nitro benzene ring substituents is 1. The van der Waals surface area contributed by atoms with Crippen LogP contribution in [0, 0.1) is 16.0 Å². The van der Waals surface area contributed by atoms with Gasteiger partial charge in [-0.05, 0) is 25.0 Å². The number of nitrogens with zero attached hydrogens (tertiary/aromatic N) is 3. The van der Waals surface area contributed by atoms with Crippen molar-refractivity contribution < 1.29 is 19.6 Å². The first-order valence-electron chi connectivity index (χ1n) is 8.12. The summed E-state index contributed by atoms with van der Waals surface area (Å²) in [5.74, 6) is -1.67. The second-order valence-corrected chi connectivity index (χ2v) is 6.46. The van der Waals surface area contributed by atoms with Crippen molar-refractivity contribution in [3.63, 3.8) is 0 Å². The molecule has 1 saturated carbocycles. The lowest BCUT2D eigenvalue weighted by molar-refractivity contribution is -0.384. The average Bonchev–Trinajstić information content (AvgIpc) is 3.33. The van der Waals surface area contributed by atoms with Crippen molar-refractivity contribution >= 4 is 28.5 Å². The van der Waals surface area contributed by atoms with Crippen LogP contribution >= 0.6 is 0 Å². The van der Waals surface area contributed by atoms with Crippen LogP contribution in [0.3, 0.4) is 0 Å². The Morgan fingerprint density at radius 1 is 1.40 bits per heavy atom. The Morgan fingerprint density at radius 2 is 2.12 bits per heavy atom. The van der Waals surface area contributed by atoms with Gasteiger partial charge in [0.05, 0.1) is 10.8 Å². The van der Waals surface area contributed by atoms with E-state index in [4.69, 9.17) is 5.11 Å². The van der Waals surface area contributed by atoms with Gasteiger partial charge in [-0.2, -0.15) is 0 Å². The van der Waals surface area contributed by atoms with Gasteiger partial charge < -0.3 is 14.6 Å². The molecule has 0 saturated heterocycles. The average molecular weight is 345 g/mol. The number of fused-ring (bicyclic) bond motifs is 1. The number of carboxylic acid groups (broad SMARTS) is 1. The largest absolute Gasteiger partial charge is 0.481 e. The topological polar surface area (TPSA) is 106 Å². The molecule has 1 N–H and O–H groups in total. The minimum absolute atomic E-state index is 0.00599. The number of carbonyl (C=O) groups is 2. The van der Waals surface area contributed by atoms with E-state index in [2.05, 4.69) is 0 Å². The Bertz CT molecular complexity index is 840. The number of benzene rings is 1. The van der Waals surface area contributed by atoms with Crippen molar-refractivity contribution in [2.24, 2.45) is 5.92 Å². The SMILES string of the molecule is CC(CN(C(=O)Cn1ccc2cc([N+](=O)[O-])ccc21)C1CC1)C(=O)O. The molecular weight excluding hydrogens is 326 g/mol. The lowest BCUT2D eigenvalue weighted by Gasteiger charge is -2.24. The Kier molecular flexibility index (Phi) is 4.43. The van der Waals surface area contributed by atoms with Gasteiger partial charge in [0.2, 0.25) is 5.91 Å². The molecule has 132 valence electrons. The molecule has 1 amide bonds. The minimum Gasteiger partial charge on any atom is -0.481 e. The molecular formula is C17H19N3O5. The van der Waals surface area contributed by atoms with E-state index in [1.165, 1.54) is 12.1 Å². The predicted molar refractivity (Wildman–Crippen MR) is 90.1 cm³/mol. The minimum atomic E-state index is -0.919. The summed E-state index contributed by atoms with van der Waals surface area (Å²) in [6.07, 6.45) is 3.52. The molecule has 1 unspecified atom stereocenters. The fourth-order valence-electron chi connectivity index (χ4n) is 2.89. The lowest BCUT2D eigenvalue weighted by atomic mass is 10.1. The quantitative estimate of drug-likeness (QED) is 0.612. The van der Waals surface area contributed by atoms with E-state index in [1.54, 1.807) is 34.7 Å². The van der Waals surface area contributed by atoms with Crippen molar-refractivity contribution in [2.75, 3.05) is 6.54 Å². The third kappa shape index (κ3) is 3.62. The number of aliphatic carboxylic acids is 1. The third-order valence-electron chi connectivity index (χ3n) is 4.47. The Hall–Kier alpha value is -2.90. The van der Waals surface area contributed by atoms with Crippen molar-refractivity contribution in [1.29, 1.82) is 0 Å². The second kappa shape index (κ2) is 6.54. The smallest absolute Gasteiger partial charge is 0.308 e. The first-order valence-corrected chi connectivity index (χ1v) is 8.12. The predicted octanol–water partition coefficient (Wildman–Crippen LogP) is 2.26. The molecule has 1 aromatic carbocycles. The number of nitro groups is 1.